The smallest absolute Gasteiger partial charge is 0.371 e. The molecule has 120 valence electrons. The fourth-order valence-electron chi connectivity index (χ4n) is 1.68. The van der Waals surface area contributed by atoms with Crippen molar-refractivity contribution in [3.05, 3.63) is 58.2 Å². The molecule has 0 unspecified atom stereocenters. The number of carbonyl (C=O) groups excluding carboxylic acids is 1. The number of allylic oxidation sites excluding steroid dienone is 1. The van der Waals surface area contributed by atoms with E-state index in [1.807, 2.05) is 0 Å². The third-order valence-corrected chi connectivity index (χ3v) is 5.49. The number of aliphatic hydroxyl groups is 1. The first-order chi connectivity index (χ1) is 10.7. The molecule has 1 heterocycles. The van der Waals surface area contributed by atoms with Gasteiger partial charge < -0.3 is 10.2 Å². The molecule has 0 saturated carbocycles. The summed E-state index contributed by atoms with van der Waals surface area (Å²) in [4.78, 5) is 21.9. The lowest BCUT2D eigenvalue weighted by Gasteiger charge is -2.04. The fraction of sp³-hybridized carbons (Fsp3) is 0. The standard InChI is InChI=1S/C14H9FO6S2/c15-8-1-3-9(4-2-8)23(20,21)13-7-22-6-10(13)11(16)5-12(17)14(18)19/h1-7,17H,(H,18,19)/b12-5-. The Morgan fingerprint density at radius 3 is 2.26 bits per heavy atom. The van der Waals surface area contributed by atoms with Crippen molar-refractivity contribution in [3.63, 3.8) is 0 Å². The van der Waals surface area contributed by atoms with Gasteiger partial charge in [-0.05, 0) is 24.3 Å². The number of carboxylic acids is 1. The summed E-state index contributed by atoms with van der Waals surface area (Å²) in [5.74, 6) is -4.49. The number of rotatable bonds is 5. The Labute approximate surface area is 134 Å². The lowest BCUT2D eigenvalue weighted by atomic mass is 10.2. The van der Waals surface area contributed by atoms with Gasteiger partial charge in [0.25, 0.3) is 0 Å². The molecule has 0 aliphatic rings. The van der Waals surface area contributed by atoms with Crippen molar-refractivity contribution in [3.8, 4) is 0 Å². The summed E-state index contributed by atoms with van der Waals surface area (Å²) in [6, 6.07) is 4.05. The molecule has 0 bridgehead atoms. The van der Waals surface area contributed by atoms with Crippen molar-refractivity contribution >= 4 is 32.9 Å². The normalized spacial score (nSPS) is 12.1. The quantitative estimate of drug-likeness (QED) is 0.369. The number of benzene rings is 1. The lowest BCUT2D eigenvalue weighted by molar-refractivity contribution is -0.135. The van der Waals surface area contributed by atoms with E-state index >= 15 is 0 Å². The van der Waals surface area contributed by atoms with Crippen LogP contribution < -0.4 is 0 Å². The van der Waals surface area contributed by atoms with Crippen molar-refractivity contribution in [2.24, 2.45) is 0 Å². The second-order valence-corrected chi connectivity index (χ2v) is 6.97. The van der Waals surface area contributed by atoms with Gasteiger partial charge in [-0.1, -0.05) is 0 Å². The molecular formula is C14H9FO6S2. The van der Waals surface area contributed by atoms with E-state index in [4.69, 9.17) is 10.2 Å². The second-order valence-electron chi connectivity index (χ2n) is 4.31. The minimum atomic E-state index is -4.08. The van der Waals surface area contributed by atoms with Gasteiger partial charge >= 0.3 is 5.97 Å². The molecule has 0 radical (unpaired) electrons. The van der Waals surface area contributed by atoms with Gasteiger partial charge in [-0.2, -0.15) is 11.3 Å². The summed E-state index contributed by atoms with van der Waals surface area (Å²) in [6.07, 6.45) is 0.425. The Morgan fingerprint density at radius 1 is 1.09 bits per heavy atom. The molecule has 2 N–H and O–H groups in total. The molecule has 0 aliphatic carbocycles. The summed E-state index contributed by atoms with van der Waals surface area (Å²) >= 11 is 0.922. The number of sulfone groups is 1. The second kappa shape index (κ2) is 6.31. The van der Waals surface area contributed by atoms with Crippen LogP contribution in [0.1, 0.15) is 10.4 Å². The van der Waals surface area contributed by atoms with E-state index < -0.39 is 33.2 Å². The number of hydrogen-bond acceptors (Lipinski definition) is 6. The molecule has 2 rings (SSSR count). The molecule has 0 atom stereocenters. The Balaban J connectivity index is 2.49. The van der Waals surface area contributed by atoms with E-state index in [-0.39, 0.29) is 15.4 Å². The number of halogens is 1. The van der Waals surface area contributed by atoms with Crippen LogP contribution in [0, 0.1) is 5.82 Å². The summed E-state index contributed by atoms with van der Waals surface area (Å²) in [7, 11) is -4.08. The Kier molecular flexibility index (Phi) is 4.62. The maximum Gasteiger partial charge on any atom is 0.371 e. The number of carbonyl (C=O) groups is 2. The van der Waals surface area contributed by atoms with E-state index in [0.717, 1.165) is 35.6 Å². The van der Waals surface area contributed by atoms with Gasteiger partial charge in [-0.25, -0.2) is 17.6 Å². The van der Waals surface area contributed by atoms with E-state index in [0.29, 0.717) is 6.08 Å². The molecule has 1 aromatic heterocycles. The van der Waals surface area contributed by atoms with Crippen LogP contribution in [0.4, 0.5) is 4.39 Å². The monoisotopic (exact) mass is 356 g/mol. The van der Waals surface area contributed by atoms with E-state index in [1.54, 1.807) is 0 Å². The van der Waals surface area contributed by atoms with E-state index in [2.05, 4.69) is 0 Å². The molecule has 0 amide bonds. The molecule has 0 aliphatic heterocycles. The minimum absolute atomic E-state index is 0.210. The van der Waals surface area contributed by atoms with Gasteiger partial charge in [0.05, 0.1) is 15.4 Å². The van der Waals surface area contributed by atoms with E-state index in [9.17, 15) is 22.4 Å². The highest BCUT2D eigenvalue weighted by atomic mass is 32.2. The maximum absolute atomic E-state index is 12.9. The third-order valence-electron chi connectivity index (χ3n) is 2.79. The van der Waals surface area contributed by atoms with Crippen molar-refractivity contribution < 1.29 is 32.6 Å². The number of hydrogen-bond donors (Lipinski definition) is 2. The highest BCUT2D eigenvalue weighted by molar-refractivity contribution is 7.91. The van der Waals surface area contributed by atoms with E-state index in [1.165, 1.54) is 10.8 Å². The minimum Gasteiger partial charge on any atom is -0.502 e. The highest BCUT2D eigenvalue weighted by Gasteiger charge is 2.25. The third kappa shape index (κ3) is 3.46. The lowest BCUT2D eigenvalue weighted by Crippen LogP contribution is -2.08. The first-order valence-corrected chi connectivity index (χ1v) is 8.41. The van der Waals surface area contributed by atoms with Crippen LogP contribution in [0.2, 0.25) is 0 Å². The van der Waals surface area contributed by atoms with Crippen LogP contribution >= 0.6 is 11.3 Å². The summed E-state index contributed by atoms with van der Waals surface area (Å²) in [5.41, 5.74) is -0.271. The topological polar surface area (TPSA) is 109 Å². The zero-order chi connectivity index (χ0) is 17.2. The number of aliphatic carboxylic acids is 1. The summed E-state index contributed by atoms with van der Waals surface area (Å²) < 4.78 is 37.9. The van der Waals surface area contributed by atoms with Gasteiger partial charge in [-0.15, -0.1) is 0 Å². The zero-order valence-electron chi connectivity index (χ0n) is 11.3. The average Bonchev–Trinajstić information content (AvgIpc) is 2.97. The first kappa shape index (κ1) is 16.8. The zero-order valence-corrected chi connectivity index (χ0v) is 12.9. The largest absolute Gasteiger partial charge is 0.502 e. The van der Waals surface area contributed by atoms with Crippen LogP contribution in [-0.2, 0) is 14.6 Å². The molecule has 0 spiro atoms. The van der Waals surface area contributed by atoms with Gasteiger partial charge in [-0.3, -0.25) is 4.79 Å². The molecule has 2 aromatic rings. The van der Waals surface area contributed by atoms with Gasteiger partial charge in [0.15, 0.2) is 5.78 Å². The molecular weight excluding hydrogens is 347 g/mol. The predicted molar refractivity (Wildman–Crippen MR) is 78.8 cm³/mol. The van der Waals surface area contributed by atoms with Crippen molar-refractivity contribution in [2.45, 2.75) is 9.79 Å². The van der Waals surface area contributed by atoms with Crippen LogP contribution in [0.25, 0.3) is 0 Å². The number of thiophene rings is 1. The molecule has 6 nitrogen and oxygen atoms in total. The molecule has 23 heavy (non-hydrogen) atoms. The SMILES string of the molecule is O=C(O)/C(O)=C/C(=O)c1cscc1S(=O)(=O)c1ccc(F)cc1. The van der Waals surface area contributed by atoms with Crippen LogP contribution in [0.3, 0.4) is 0 Å². The average molecular weight is 356 g/mol. The Hall–Kier alpha value is -2.52. The fourth-order valence-corrected chi connectivity index (χ4v) is 4.32. The summed E-state index contributed by atoms with van der Waals surface area (Å²) in [5, 5.41) is 20.1. The number of ketones is 1. The number of aliphatic hydroxyl groups excluding tert-OH is 1. The number of carboxylic acid groups (broad SMARTS) is 1. The van der Waals surface area contributed by atoms with Crippen molar-refractivity contribution in [2.75, 3.05) is 0 Å². The predicted octanol–water partition coefficient (Wildman–Crippen LogP) is 2.43. The molecule has 0 fully saturated rings. The maximum atomic E-state index is 12.9. The molecule has 0 saturated heterocycles. The van der Waals surface area contributed by atoms with Crippen molar-refractivity contribution in [1.82, 2.24) is 0 Å². The molecule has 1 aromatic carbocycles. The van der Waals surface area contributed by atoms with Gasteiger partial charge in [0, 0.05) is 16.8 Å². The summed E-state index contributed by atoms with van der Waals surface area (Å²) in [6.45, 7) is 0. The highest BCUT2D eigenvalue weighted by Crippen LogP contribution is 2.28. The Bertz CT molecular complexity index is 894. The van der Waals surface area contributed by atoms with Crippen molar-refractivity contribution in [1.29, 1.82) is 0 Å². The van der Waals surface area contributed by atoms with Crippen LogP contribution in [0.15, 0.2) is 56.7 Å². The molecule has 9 heteroatoms. The first-order valence-electron chi connectivity index (χ1n) is 5.98. The van der Waals surface area contributed by atoms with Gasteiger partial charge in [0.1, 0.15) is 5.82 Å². The Morgan fingerprint density at radius 2 is 1.70 bits per heavy atom. The van der Waals surface area contributed by atoms with Crippen LogP contribution in [0.5, 0.6) is 0 Å². The van der Waals surface area contributed by atoms with Crippen LogP contribution in [-0.4, -0.2) is 30.4 Å². The van der Waals surface area contributed by atoms with Gasteiger partial charge in [0.2, 0.25) is 15.6 Å².